The Morgan fingerprint density at radius 1 is 1.53 bits per heavy atom. The van der Waals surface area contributed by atoms with Gasteiger partial charge in [-0.05, 0) is 17.7 Å². The van der Waals surface area contributed by atoms with Gasteiger partial charge in [-0.25, -0.2) is 0 Å². The van der Waals surface area contributed by atoms with Crippen LogP contribution in [0.5, 0.6) is 0 Å². The molecular formula is C13H17NO3. The Kier molecular flexibility index (Phi) is 3.76. The van der Waals surface area contributed by atoms with Gasteiger partial charge in [-0.3, -0.25) is 4.79 Å². The van der Waals surface area contributed by atoms with Crippen molar-refractivity contribution < 1.29 is 14.6 Å². The number of anilines is 1. The van der Waals surface area contributed by atoms with Crippen molar-refractivity contribution in [1.82, 2.24) is 0 Å². The maximum atomic E-state index is 11.8. The van der Waals surface area contributed by atoms with Crippen LogP contribution in [0.25, 0.3) is 0 Å². The van der Waals surface area contributed by atoms with Crippen molar-refractivity contribution in [2.24, 2.45) is 5.92 Å². The Morgan fingerprint density at radius 2 is 2.35 bits per heavy atom. The van der Waals surface area contributed by atoms with E-state index >= 15 is 0 Å². The summed E-state index contributed by atoms with van der Waals surface area (Å²) in [6, 6.07) is 7.76. The molecule has 1 atom stereocenters. The average molecular weight is 235 g/mol. The number of benzene rings is 1. The fourth-order valence-corrected chi connectivity index (χ4v) is 2.13. The van der Waals surface area contributed by atoms with E-state index in [0.29, 0.717) is 19.6 Å². The standard InChI is InChI=1S/C13H17NO3/c1-17-9-10-3-2-4-12(5-10)14-7-11(8-15)6-13(14)16/h2-5,11,15H,6-9H2,1H3. The maximum Gasteiger partial charge on any atom is 0.227 e. The fraction of sp³-hybridized carbons (Fsp3) is 0.462. The lowest BCUT2D eigenvalue weighted by Gasteiger charge is -2.17. The van der Waals surface area contributed by atoms with Gasteiger partial charge in [0.25, 0.3) is 0 Å². The Morgan fingerprint density at radius 3 is 3.00 bits per heavy atom. The molecule has 0 bridgehead atoms. The van der Waals surface area contributed by atoms with E-state index in [2.05, 4.69) is 0 Å². The third kappa shape index (κ3) is 2.65. The summed E-state index contributed by atoms with van der Waals surface area (Å²) in [5, 5.41) is 9.09. The number of hydrogen-bond acceptors (Lipinski definition) is 3. The van der Waals surface area contributed by atoms with E-state index in [4.69, 9.17) is 9.84 Å². The number of hydrogen-bond donors (Lipinski definition) is 1. The first-order chi connectivity index (χ1) is 8.24. The zero-order valence-corrected chi connectivity index (χ0v) is 9.93. The van der Waals surface area contributed by atoms with Gasteiger partial charge in [0.05, 0.1) is 6.61 Å². The summed E-state index contributed by atoms with van der Waals surface area (Å²) >= 11 is 0. The first-order valence-corrected chi connectivity index (χ1v) is 5.73. The van der Waals surface area contributed by atoms with Crippen LogP contribution in [0.15, 0.2) is 24.3 Å². The molecule has 4 nitrogen and oxygen atoms in total. The number of carbonyl (C=O) groups excluding carboxylic acids is 1. The van der Waals surface area contributed by atoms with Crippen LogP contribution >= 0.6 is 0 Å². The highest BCUT2D eigenvalue weighted by atomic mass is 16.5. The molecule has 0 spiro atoms. The van der Waals surface area contributed by atoms with Gasteiger partial charge in [0, 0.05) is 38.3 Å². The molecule has 1 N–H and O–H groups in total. The van der Waals surface area contributed by atoms with E-state index in [9.17, 15) is 4.79 Å². The number of carbonyl (C=O) groups is 1. The van der Waals surface area contributed by atoms with E-state index in [1.807, 2.05) is 24.3 Å². The second-order valence-corrected chi connectivity index (χ2v) is 4.36. The normalized spacial score (nSPS) is 20.0. The van der Waals surface area contributed by atoms with Gasteiger partial charge >= 0.3 is 0 Å². The Bertz CT molecular complexity index is 405. The molecule has 0 aromatic heterocycles. The predicted molar refractivity (Wildman–Crippen MR) is 64.7 cm³/mol. The van der Waals surface area contributed by atoms with Crippen molar-refractivity contribution in [3.05, 3.63) is 29.8 Å². The second kappa shape index (κ2) is 5.29. The van der Waals surface area contributed by atoms with Crippen LogP contribution < -0.4 is 4.90 Å². The summed E-state index contributed by atoms with van der Waals surface area (Å²) < 4.78 is 5.07. The molecule has 1 aromatic carbocycles. The molecule has 17 heavy (non-hydrogen) atoms. The molecule has 0 radical (unpaired) electrons. The first-order valence-electron chi connectivity index (χ1n) is 5.73. The molecule has 1 amide bonds. The number of ether oxygens (including phenoxy) is 1. The van der Waals surface area contributed by atoms with Crippen LogP contribution in [0, 0.1) is 5.92 Å². The minimum absolute atomic E-state index is 0.0635. The summed E-state index contributed by atoms with van der Waals surface area (Å²) in [4.78, 5) is 13.5. The van der Waals surface area contributed by atoms with Gasteiger partial charge in [0.2, 0.25) is 5.91 Å². The van der Waals surface area contributed by atoms with E-state index < -0.39 is 0 Å². The van der Waals surface area contributed by atoms with Gasteiger partial charge in [-0.15, -0.1) is 0 Å². The van der Waals surface area contributed by atoms with Crippen LogP contribution in [0.4, 0.5) is 5.69 Å². The number of rotatable bonds is 4. The highest BCUT2D eigenvalue weighted by Gasteiger charge is 2.29. The minimum atomic E-state index is 0.0635. The highest BCUT2D eigenvalue weighted by molar-refractivity contribution is 5.95. The Labute approximate surface area is 101 Å². The molecule has 1 aromatic rings. The van der Waals surface area contributed by atoms with Crippen LogP contribution in [-0.2, 0) is 16.1 Å². The van der Waals surface area contributed by atoms with Gasteiger partial charge < -0.3 is 14.7 Å². The molecule has 1 aliphatic heterocycles. The van der Waals surface area contributed by atoms with Crippen LogP contribution in [0.3, 0.4) is 0 Å². The number of nitrogens with zero attached hydrogens (tertiary/aromatic N) is 1. The van der Waals surface area contributed by atoms with Crippen LogP contribution in [-0.4, -0.2) is 31.3 Å². The zero-order chi connectivity index (χ0) is 12.3. The molecule has 0 saturated carbocycles. The third-order valence-corrected chi connectivity index (χ3v) is 3.00. The molecule has 1 fully saturated rings. The largest absolute Gasteiger partial charge is 0.396 e. The summed E-state index contributed by atoms with van der Waals surface area (Å²) in [5.41, 5.74) is 1.94. The molecular weight excluding hydrogens is 218 g/mol. The number of methoxy groups -OCH3 is 1. The SMILES string of the molecule is COCc1cccc(N2CC(CO)CC2=O)c1. The summed E-state index contributed by atoms with van der Waals surface area (Å²) in [5.74, 6) is 0.146. The number of aliphatic hydroxyl groups excluding tert-OH is 1. The lowest BCUT2D eigenvalue weighted by molar-refractivity contribution is -0.117. The monoisotopic (exact) mass is 235 g/mol. The lowest BCUT2D eigenvalue weighted by atomic mass is 10.1. The van der Waals surface area contributed by atoms with Crippen molar-refractivity contribution in [3.8, 4) is 0 Å². The number of aliphatic hydroxyl groups is 1. The van der Waals surface area contributed by atoms with Crippen molar-refractivity contribution in [1.29, 1.82) is 0 Å². The van der Waals surface area contributed by atoms with Gasteiger partial charge in [0.15, 0.2) is 0 Å². The summed E-state index contributed by atoms with van der Waals surface area (Å²) in [6.45, 7) is 1.21. The molecule has 0 aliphatic carbocycles. The van der Waals surface area contributed by atoms with E-state index in [-0.39, 0.29) is 18.4 Å². The summed E-state index contributed by atoms with van der Waals surface area (Å²) in [7, 11) is 1.65. The van der Waals surface area contributed by atoms with Crippen molar-refractivity contribution in [2.75, 3.05) is 25.2 Å². The van der Waals surface area contributed by atoms with Crippen molar-refractivity contribution in [2.45, 2.75) is 13.0 Å². The zero-order valence-electron chi connectivity index (χ0n) is 9.93. The minimum Gasteiger partial charge on any atom is -0.396 e. The lowest BCUT2D eigenvalue weighted by Crippen LogP contribution is -2.24. The van der Waals surface area contributed by atoms with Gasteiger partial charge in [-0.1, -0.05) is 12.1 Å². The topological polar surface area (TPSA) is 49.8 Å². The smallest absolute Gasteiger partial charge is 0.227 e. The first kappa shape index (κ1) is 12.1. The van der Waals surface area contributed by atoms with E-state index in [1.54, 1.807) is 12.0 Å². The molecule has 1 saturated heterocycles. The highest BCUT2D eigenvalue weighted by Crippen LogP contribution is 2.25. The quantitative estimate of drug-likeness (QED) is 0.852. The van der Waals surface area contributed by atoms with Crippen LogP contribution in [0.1, 0.15) is 12.0 Å². The Hall–Kier alpha value is -1.39. The van der Waals surface area contributed by atoms with Crippen molar-refractivity contribution >= 4 is 11.6 Å². The maximum absolute atomic E-state index is 11.8. The second-order valence-electron chi connectivity index (χ2n) is 4.36. The fourth-order valence-electron chi connectivity index (χ4n) is 2.13. The molecule has 4 heteroatoms. The van der Waals surface area contributed by atoms with Gasteiger partial charge in [0.1, 0.15) is 0 Å². The average Bonchev–Trinajstić information content (AvgIpc) is 2.71. The molecule has 2 rings (SSSR count). The van der Waals surface area contributed by atoms with Gasteiger partial charge in [-0.2, -0.15) is 0 Å². The van der Waals surface area contributed by atoms with Crippen LogP contribution in [0.2, 0.25) is 0 Å². The molecule has 92 valence electrons. The third-order valence-electron chi connectivity index (χ3n) is 3.00. The predicted octanol–water partition coefficient (Wildman–Crippen LogP) is 1.18. The molecule has 1 heterocycles. The van der Waals surface area contributed by atoms with E-state index in [1.165, 1.54) is 0 Å². The molecule has 1 aliphatic rings. The Balaban J connectivity index is 2.16. The molecule has 1 unspecified atom stereocenters. The van der Waals surface area contributed by atoms with E-state index in [0.717, 1.165) is 11.3 Å². The van der Waals surface area contributed by atoms with Crippen molar-refractivity contribution in [3.63, 3.8) is 0 Å². The summed E-state index contributed by atoms with van der Waals surface area (Å²) in [6.07, 6.45) is 0.436. The number of amides is 1.